The molecule has 0 radical (unpaired) electrons. The number of carboxylic acids is 1. The van der Waals surface area contributed by atoms with Gasteiger partial charge in [0, 0.05) is 24.9 Å². The number of ketones is 1. The molecule has 0 spiro atoms. The third kappa shape index (κ3) is 7.10. The molecule has 0 aromatic heterocycles. The highest BCUT2D eigenvalue weighted by atomic mass is 16.6. The molecule has 0 aromatic rings. The zero-order chi connectivity index (χ0) is 25.9. The van der Waals surface area contributed by atoms with Crippen molar-refractivity contribution in [1.29, 1.82) is 0 Å². The number of rotatable bonds is 14. The second kappa shape index (κ2) is 11.4. The van der Waals surface area contributed by atoms with Crippen molar-refractivity contribution in [3.05, 3.63) is 11.6 Å². The number of hydrogen-bond acceptors (Lipinski definition) is 6. The van der Waals surface area contributed by atoms with Gasteiger partial charge in [0.25, 0.3) is 0 Å². The highest BCUT2D eigenvalue weighted by Crippen LogP contribution is 2.47. The molecule has 1 heterocycles. The standard InChI is InChI=1S/C26H46O7/c1-14(2)11-17(5)23-26(9,33-23)22(31)16(4)12-15(3)21(30)25(7,8)24(32-10)18(6)19(27)13-20(28)29/h11,15-19,22-24,27,31H,12-13H2,1-10H3,(H,28,29). The van der Waals surface area contributed by atoms with E-state index in [0.717, 1.165) is 0 Å². The summed E-state index contributed by atoms with van der Waals surface area (Å²) in [7, 11) is 1.47. The lowest BCUT2D eigenvalue weighted by Gasteiger charge is -2.39. The minimum atomic E-state index is -1.12. The van der Waals surface area contributed by atoms with Crippen LogP contribution in [0, 0.1) is 29.1 Å². The van der Waals surface area contributed by atoms with Crippen LogP contribution in [0.15, 0.2) is 11.6 Å². The van der Waals surface area contributed by atoms with Gasteiger partial charge in [-0.15, -0.1) is 0 Å². The Morgan fingerprint density at radius 2 is 1.70 bits per heavy atom. The van der Waals surface area contributed by atoms with E-state index in [-0.39, 0.29) is 29.6 Å². The predicted molar refractivity (Wildman–Crippen MR) is 128 cm³/mol. The smallest absolute Gasteiger partial charge is 0.305 e. The number of allylic oxidation sites excluding steroid dienone is 1. The first-order chi connectivity index (χ1) is 15.0. The number of carbonyl (C=O) groups is 2. The number of epoxide rings is 1. The van der Waals surface area contributed by atoms with E-state index in [9.17, 15) is 19.8 Å². The zero-order valence-corrected chi connectivity index (χ0v) is 22.1. The van der Waals surface area contributed by atoms with Gasteiger partial charge in [-0.3, -0.25) is 9.59 Å². The lowest BCUT2D eigenvalue weighted by atomic mass is 9.70. The van der Waals surface area contributed by atoms with Gasteiger partial charge in [0.1, 0.15) is 11.4 Å². The number of methoxy groups -OCH3 is 1. The average Bonchev–Trinajstić information content (AvgIpc) is 3.38. The van der Waals surface area contributed by atoms with Gasteiger partial charge >= 0.3 is 5.97 Å². The molecule has 1 saturated heterocycles. The summed E-state index contributed by atoms with van der Waals surface area (Å²) in [5, 5.41) is 30.3. The molecule has 9 unspecified atom stereocenters. The number of carbonyl (C=O) groups excluding carboxylic acids is 1. The first kappa shape index (κ1) is 29.8. The van der Waals surface area contributed by atoms with Crippen LogP contribution in [0.4, 0.5) is 0 Å². The van der Waals surface area contributed by atoms with Gasteiger partial charge in [-0.2, -0.15) is 0 Å². The molecular formula is C26H46O7. The molecule has 192 valence electrons. The number of carboxylic acid groups (broad SMARTS) is 1. The summed E-state index contributed by atoms with van der Waals surface area (Å²) in [6.45, 7) is 17.1. The lowest BCUT2D eigenvalue weighted by molar-refractivity contribution is -0.148. The van der Waals surface area contributed by atoms with Crippen LogP contribution in [0.2, 0.25) is 0 Å². The van der Waals surface area contributed by atoms with E-state index in [1.807, 2.05) is 34.6 Å². The monoisotopic (exact) mass is 470 g/mol. The molecular weight excluding hydrogens is 424 g/mol. The highest BCUT2D eigenvalue weighted by molar-refractivity contribution is 5.86. The zero-order valence-electron chi connectivity index (χ0n) is 22.1. The Morgan fingerprint density at radius 1 is 1.15 bits per heavy atom. The first-order valence-corrected chi connectivity index (χ1v) is 12.0. The van der Waals surface area contributed by atoms with Crippen molar-refractivity contribution >= 4 is 11.8 Å². The molecule has 1 aliphatic heterocycles. The molecule has 9 atom stereocenters. The minimum Gasteiger partial charge on any atom is -0.481 e. The quantitative estimate of drug-likeness (QED) is 0.261. The molecule has 0 aliphatic carbocycles. The molecule has 0 bridgehead atoms. The Bertz CT molecular complexity index is 711. The van der Waals surface area contributed by atoms with Crippen LogP contribution in [0.3, 0.4) is 0 Å². The van der Waals surface area contributed by atoms with E-state index in [0.29, 0.717) is 6.42 Å². The Balaban J connectivity index is 2.86. The molecule has 3 N–H and O–H groups in total. The third-order valence-corrected chi connectivity index (χ3v) is 7.33. The summed E-state index contributed by atoms with van der Waals surface area (Å²) in [5.41, 5.74) is -0.369. The maximum absolute atomic E-state index is 13.4. The Labute approximate surface area is 199 Å². The summed E-state index contributed by atoms with van der Waals surface area (Å²) >= 11 is 0. The van der Waals surface area contributed by atoms with Crippen molar-refractivity contribution < 1.29 is 34.4 Å². The number of ether oxygens (including phenoxy) is 2. The van der Waals surface area contributed by atoms with E-state index < -0.39 is 47.6 Å². The van der Waals surface area contributed by atoms with Crippen molar-refractivity contribution in [2.75, 3.05) is 7.11 Å². The molecule has 1 fully saturated rings. The van der Waals surface area contributed by atoms with Crippen LogP contribution in [-0.4, -0.2) is 64.2 Å². The van der Waals surface area contributed by atoms with E-state index in [4.69, 9.17) is 14.6 Å². The second-order valence-electron chi connectivity index (χ2n) is 11.2. The molecule has 7 heteroatoms. The number of aliphatic hydroxyl groups excluding tert-OH is 2. The molecule has 7 nitrogen and oxygen atoms in total. The van der Waals surface area contributed by atoms with Gasteiger partial charge in [0.2, 0.25) is 0 Å². The number of aliphatic hydroxyl groups is 2. The van der Waals surface area contributed by atoms with Gasteiger partial charge in [-0.1, -0.05) is 53.2 Å². The van der Waals surface area contributed by atoms with Gasteiger partial charge in [-0.25, -0.2) is 0 Å². The fourth-order valence-corrected chi connectivity index (χ4v) is 5.59. The van der Waals surface area contributed by atoms with Gasteiger partial charge in [-0.05, 0) is 33.1 Å². The van der Waals surface area contributed by atoms with E-state index >= 15 is 0 Å². The number of Topliss-reactive ketones (excluding diaryl/α,β-unsaturated/α-hetero) is 1. The Kier molecular flexibility index (Phi) is 10.3. The van der Waals surface area contributed by atoms with E-state index in [2.05, 4.69) is 13.0 Å². The van der Waals surface area contributed by atoms with Gasteiger partial charge in [0.15, 0.2) is 0 Å². The fraction of sp³-hybridized carbons (Fsp3) is 0.846. The topological polar surface area (TPSA) is 117 Å². The van der Waals surface area contributed by atoms with Crippen molar-refractivity contribution in [2.24, 2.45) is 29.1 Å². The second-order valence-corrected chi connectivity index (χ2v) is 11.2. The maximum Gasteiger partial charge on any atom is 0.305 e. The third-order valence-electron chi connectivity index (χ3n) is 7.33. The van der Waals surface area contributed by atoms with E-state index in [1.165, 1.54) is 12.7 Å². The van der Waals surface area contributed by atoms with Crippen molar-refractivity contribution in [2.45, 2.75) is 105 Å². The summed E-state index contributed by atoms with van der Waals surface area (Å²) < 4.78 is 11.5. The Hall–Kier alpha value is -1.28. The first-order valence-electron chi connectivity index (χ1n) is 12.0. The lowest BCUT2D eigenvalue weighted by Crippen LogP contribution is -2.48. The van der Waals surface area contributed by atoms with E-state index in [1.54, 1.807) is 20.8 Å². The van der Waals surface area contributed by atoms with Crippen LogP contribution < -0.4 is 0 Å². The molecule has 33 heavy (non-hydrogen) atoms. The molecule has 1 rings (SSSR count). The molecule has 0 saturated carbocycles. The normalized spacial score (nSPS) is 27.0. The van der Waals surface area contributed by atoms with Gasteiger partial charge < -0.3 is 24.8 Å². The van der Waals surface area contributed by atoms with Gasteiger partial charge in [0.05, 0.1) is 36.3 Å². The SMILES string of the molecule is COC(C(C)C(O)CC(=O)O)C(C)(C)C(=O)C(C)CC(C)C(O)C1(C)OC1C(C)C=C(C)C. The number of aliphatic carboxylic acids is 1. The minimum absolute atomic E-state index is 0.0425. The van der Waals surface area contributed by atoms with Crippen molar-refractivity contribution in [3.63, 3.8) is 0 Å². The van der Waals surface area contributed by atoms with Crippen LogP contribution >= 0.6 is 0 Å². The van der Waals surface area contributed by atoms with Crippen LogP contribution in [-0.2, 0) is 19.1 Å². The molecule has 1 aliphatic rings. The molecule has 0 amide bonds. The fourth-order valence-electron chi connectivity index (χ4n) is 5.59. The summed E-state index contributed by atoms with van der Waals surface area (Å²) in [5.74, 6) is -2.01. The predicted octanol–water partition coefficient (Wildman–Crippen LogP) is 3.85. The largest absolute Gasteiger partial charge is 0.481 e. The maximum atomic E-state index is 13.4. The van der Waals surface area contributed by atoms with Crippen molar-refractivity contribution in [3.8, 4) is 0 Å². The Morgan fingerprint density at radius 3 is 2.15 bits per heavy atom. The molecule has 0 aromatic carbocycles. The van der Waals surface area contributed by atoms with Crippen molar-refractivity contribution in [1.82, 2.24) is 0 Å². The summed E-state index contributed by atoms with van der Waals surface area (Å²) in [4.78, 5) is 24.4. The van der Waals surface area contributed by atoms with Crippen LogP contribution in [0.5, 0.6) is 0 Å². The summed E-state index contributed by atoms with van der Waals surface area (Å²) in [6.07, 6.45) is -0.316. The summed E-state index contributed by atoms with van der Waals surface area (Å²) in [6, 6.07) is 0. The van der Waals surface area contributed by atoms with Crippen LogP contribution in [0.1, 0.15) is 75.2 Å². The average molecular weight is 471 g/mol. The number of hydrogen-bond donors (Lipinski definition) is 3. The van der Waals surface area contributed by atoms with Crippen LogP contribution in [0.25, 0.3) is 0 Å². The highest BCUT2D eigenvalue weighted by Gasteiger charge is 2.60.